The molecule has 0 spiro atoms. The fraction of sp³-hybridized carbons (Fsp3) is 0.417. The lowest BCUT2D eigenvalue weighted by atomic mass is 9.84. The number of hydrogen-bond donors (Lipinski definition) is 1. The summed E-state index contributed by atoms with van der Waals surface area (Å²) in [6.07, 6.45) is 6.08. The number of fused-ring (bicyclic) bond motifs is 1. The lowest BCUT2D eigenvalue weighted by Crippen LogP contribution is -2.49. The van der Waals surface area contributed by atoms with Crippen molar-refractivity contribution in [3.05, 3.63) is 71.8 Å². The maximum Gasteiger partial charge on any atom is 0.254 e. The molecule has 3 unspecified atom stereocenters. The number of carbonyl (C=O) groups excluding carboxylic acids is 2. The topological polar surface area (TPSA) is 49.4 Å². The molecule has 3 atom stereocenters. The van der Waals surface area contributed by atoms with Crippen LogP contribution in [0.5, 0.6) is 0 Å². The lowest BCUT2D eigenvalue weighted by Gasteiger charge is -2.33. The van der Waals surface area contributed by atoms with E-state index in [0.29, 0.717) is 18.0 Å². The summed E-state index contributed by atoms with van der Waals surface area (Å²) < 4.78 is 0. The van der Waals surface area contributed by atoms with Crippen molar-refractivity contribution in [3.8, 4) is 0 Å². The van der Waals surface area contributed by atoms with Crippen LogP contribution < -0.4 is 5.32 Å². The van der Waals surface area contributed by atoms with Gasteiger partial charge in [0.25, 0.3) is 5.91 Å². The van der Waals surface area contributed by atoms with Gasteiger partial charge in [0.15, 0.2) is 0 Å². The van der Waals surface area contributed by atoms with Crippen molar-refractivity contribution in [3.63, 3.8) is 0 Å². The molecule has 1 N–H and O–H groups in total. The van der Waals surface area contributed by atoms with E-state index in [9.17, 15) is 9.59 Å². The number of amides is 2. The SMILES string of the molecule is O=C(NCCc1ccccc1)C1CC2CCCCC2N1C(=O)c1ccccc1. The van der Waals surface area contributed by atoms with E-state index in [1.54, 1.807) is 0 Å². The van der Waals surface area contributed by atoms with Gasteiger partial charge >= 0.3 is 0 Å². The molecule has 28 heavy (non-hydrogen) atoms. The van der Waals surface area contributed by atoms with E-state index in [1.807, 2.05) is 53.4 Å². The number of rotatable bonds is 5. The first-order valence-corrected chi connectivity index (χ1v) is 10.4. The smallest absolute Gasteiger partial charge is 0.254 e. The van der Waals surface area contributed by atoms with E-state index in [0.717, 1.165) is 32.1 Å². The standard InChI is InChI=1S/C24H28N2O2/c27-23(25-16-15-18-9-3-1-4-10-18)22-17-20-13-7-8-14-21(20)26(22)24(28)19-11-5-2-6-12-19/h1-6,9-12,20-22H,7-8,13-17H2,(H,25,27). The van der Waals surface area contributed by atoms with Crippen LogP contribution in [0, 0.1) is 5.92 Å². The molecule has 4 rings (SSSR count). The second-order valence-electron chi connectivity index (χ2n) is 7.97. The molecule has 2 aromatic carbocycles. The number of nitrogens with one attached hydrogen (secondary N) is 1. The quantitative estimate of drug-likeness (QED) is 0.862. The normalized spacial score (nSPS) is 23.9. The molecule has 1 saturated heterocycles. The number of nitrogens with zero attached hydrogens (tertiary/aromatic N) is 1. The number of carbonyl (C=O) groups is 2. The largest absolute Gasteiger partial charge is 0.354 e. The first-order valence-electron chi connectivity index (χ1n) is 10.4. The molecule has 0 radical (unpaired) electrons. The maximum absolute atomic E-state index is 13.3. The number of likely N-dealkylation sites (tertiary alicyclic amines) is 1. The summed E-state index contributed by atoms with van der Waals surface area (Å²) in [5.41, 5.74) is 1.89. The van der Waals surface area contributed by atoms with Gasteiger partial charge in [-0.3, -0.25) is 9.59 Å². The maximum atomic E-state index is 13.3. The van der Waals surface area contributed by atoms with Gasteiger partial charge in [-0.1, -0.05) is 61.4 Å². The summed E-state index contributed by atoms with van der Waals surface area (Å²) in [6.45, 7) is 0.599. The minimum absolute atomic E-state index is 0.00166. The molecule has 146 valence electrons. The highest BCUT2D eigenvalue weighted by Crippen LogP contribution is 2.40. The summed E-state index contributed by atoms with van der Waals surface area (Å²) in [5, 5.41) is 3.09. The Balaban J connectivity index is 1.47. The van der Waals surface area contributed by atoms with Crippen LogP contribution in [0.1, 0.15) is 48.0 Å². The highest BCUT2D eigenvalue weighted by Gasteiger charge is 2.47. The Bertz CT molecular complexity index is 806. The van der Waals surface area contributed by atoms with Crippen LogP contribution in [-0.2, 0) is 11.2 Å². The fourth-order valence-corrected chi connectivity index (χ4v) is 4.81. The second-order valence-corrected chi connectivity index (χ2v) is 7.97. The molecule has 0 aromatic heterocycles. The van der Waals surface area contributed by atoms with Gasteiger partial charge in [-0.15, -0.1) is 0 Å². The van der Waals surface area contributed by atoms with Crippen molar-refractivity contribution in [2.24, 2.45) is 5.92 Å². The van der Waals surface area contributed by atoms with Gasteiger partial charge in [0.1, 0.15) is 6.04 Å². The molecule has 1 aliphatic heterocycles. The minimum Gasteiger partial charge on any atom is -0.354 e. The van der Waals surface area contributed by atoms with Crippen molar-refractivity contribution in [2.75, 3.05) is 6.54 Å². The Morgan fingerprint density at radius 1 is 0.929 bits per heavy atom. The molecule has 2 fully saturated rings. The molecule has 2 aromatic rings. The first kappa shape index (κ1) is 18.7. The van der Waals surface area contributed by atoms with E-state index in [4.69, 9.17) is 0 Å². The van der Waals surface area contributed by atoms with Crippen molar-refractivity contribution in [1.29, 1.82) is 0 Å². The van der Waals surface area contributed by atoms with Crippen LogP contribution in [0.15, 0.2) is 60.7 Å². The molecule has 2 amide bonds. The second kappa shape index (κ2) is 8.59. The van der Waals surface area contributed by atoms with E-state index in [2.05, 4.69) is 17.4 Å². The van der Waals surface area contributed by atoms with E-state index >= 15 is 0 Å². The average molecular weight is 377 g/mol. The summed E-state index contributed by atoms with van der Waals surface area (Å²) in [6, 6.07) is 19.4. The number of hydrogen-bond acceptors (Lipinski definition) is 2. The van der Waals surface area contributed by atoms with Gasteiger partial charge in [0.2, 0.25) is 5.91 Å². The first-order chi connectivity index (χ1) is 13.7. The summed E-state index contributed by atoms with van der Waals surface area (Å²) in [4.78, 5) is 28.2. The van der Waals surface area contributed by atoms with Crippen molar-refractivity contribution in [2.45, 2.75) is 50.6 Å². The zero-order chi connectivity index (χ0) is 19.3. The van der Waals surface area contributed by atoms with Crippen LogP contribution in [0.4, 0.5) is 0 Å². The molecular weight excluding hydrogens is 348 g/mol. The van der Waals surface area contributed by atoms with Crippen LogP contribution >= 0.6 is 0 Å². The number of benzene rings is 2. The van der Waals surface area contributed by atoms with Crippen molar-refractivity contribution in [1.82, 2.24) is 10.2 Å². The van der Waals surface area contributed by atoms with Crippen LogP contribution in [-0.4, -0.2) is 35.3 Å². The zero-order valence-corrected chi connectivity index (χ0v) is 16.2. The van der Waals surface area contributed by atoms with Gasteiger partial charge in [-0.25, -0.2) is 0 Å². The Hall–Kier alpha value is -2.62. The van der Waals surface area contributed by atoms with Crippen LogP contribution in [0.3, 0.4) is 0 Å². The predicted molar refractivity (Wildman–Crippen MR) is 110 cm³/mol. The Kier molecular flexibility index (Phi) is 5.75. The van der Waals surface area contributed by atoms with Crippen LogP contribution in [0.25, 0.3) is 0 Å². The molecule has 4 heteroatoms. The fourth-order valence-electron chi connectivity index (χ4n) is 4.81. The minimum atomic E-state index is -0.350. The Morgan fingerprint density at radius 3 is 2.36 bits per heavy atom. The highest BCUT2D eigenvalue weighted by molar-refractivity contribution is 5.98. The third-order valence-corrected chi connectivity index (χ3v) is 6.20. The molecule has 0 bridgehead atoms. The molecule has 1 heterocycles. The third kappa shape index (κ3) is 3.96. The lowest BCUT2D eigenvalue weighted by molar-refractivity contribution is -0.125. The van der Waals surface area contributed by atoms with Crippen LogP contribution in [0.2, 0.25) is 0 Å². The Labute approximate surface area is 166 Å². The van der Waals surface area contributed by atoms with E-state index in [1.165, 1.54) is 12.0 Å². The molecular formula is C24H28N2O2. The molecule has 2 aliphatic rings. The zero-order valence-electron chi connectivity index (χ0n) is 16.2. The van der Waals surface area contributed by atoms with E-state index < -0.39 is 0 Å². The van der Waals surface area contributed by atoms with Crippen molar-refractivity contribution >= 4 is 11.8 Å². The van der Waals surface area contributed by atoms with Gasteiger partial charge < -0.3 is 10.2 Å². The van der Waals surface area contributed by atoms with Gasteiger partial charge in [-0.2, -0.15) is 0 Å². The van der Waals surface area contributed by atoms with Crippen molar-refractivity contribution < 1.29 is 9.59 Å². The van der Waals surface area contributed by atoms with E-state index in [-0.39, 0.29) is 23.9 Å². The third-order valence-electron chi connectivity index (χ3n) is 6.20. The van der Waals surface area contributed by atoms with Gasteiger partial charge in [-0.05, 0) is 49.3 Å². The average Bonchev–Trinajstić information content (AvgIpc) is 3.14. The van der Waals surface area contributed by atoms with Gasteiger partial charge in [0.05, 0.1) is 0 Å². The summed E-state index contributed by atoms with van der Waals surface area (Å²) >= 11 is 0. The summed E-state index contributed by atoms with van der Waals surface area (Å²) in [5.74, 6) is 0.444. The van der Waals surface area contributed by atoms with Gasteiger partial charge in [0, 0.05) is 18.2 Å². The summed E-state index contributed by atoms with van der Waals surface area (Å²) in [7, 11) is 0. The molecule has 4 nitrogen and oxygen atoms in total. The monoisotopic (exact) mass is 376 g/mol. The molecule has 1 saturated carbocycles. The predicted octanol–water partition coefficient (Wildman–Crippen LogP) is 3.82. The highest BCUT2D eigenvalue weighted by atomic mass is 16.2. The Morgan fingerprint density at radius 2 is 1.61 bits per heavy atom. The molecule has 1 aliphatic carbocycles.